The lowest BCUT2D eigenvalue weighted by Crippen LogP contribution is -2.39. The van der Waals surface area contributed by atoms with Crippen LogP contribution in [0, 0.1) is 5.92 Å². The van der Waals surface area contributed by atoms with Crippen LogP contribution < -0.4 is 0 Å². The van der Waals surface area contributed by atoms with Crippen molar-refractivity contribution in [2.24, 2.45) is 5.92 Å². The summed E-state index contributed by atoms with van der Waals surface area (Å²) < 4.78 is 0. The van der Waals surface area contributed by atoms with E-state index in [1.54, 1.807) is 12.3 Å². The number of aliphatic hydroxyl groups excluding tert-OH is 1. The molecule has 3 rings (SSSR count). The zero-order valence-electron chi connectivity index (χ0n) is 13.2. The Balaban J connectivity index is 1.68. The van der Waals surface area contributed by atoms with Crippen LogP contribution in [-0.4, -0.2) is 40.6 Å². The van der Waals surface area contributed by atoms with E-state index in [0.29, 0.717) is 11.5 Å². The largest absolute Gasteiger partial charge is 0.396 e. The Labute approximate surface area is 136 Å². The molecule has 4 nitrogen and oxygen atoms in total. The first kappa shape index (κ1) is 15.7. The van der Waals surface area contributed by atoms with E-state index in [1.807, 2.05) is 29.2 Å². The number of hydrogen-bond acceptors (Lipinski definition) is 3. The van der Waals surface area contributed by atoms with Crippen LogP contribution in [0.3, 0.4) is 0 Å². The van der Waals surface area contributed by atoms with Crippen molar-refractivity contribution in [3.8, 4) is 0 Å². The first-order chi connectivity index (χ1) is 11.3. The standard InChI is InChI=1S/C19H22N2O2/c22-14-16-7-10-21(11-8-16)19(23)17-6-9-20-18(13-17)12-15-4-2-1-3-5-15/h1-6,9,13,16,22H,7-8,10-12,14H2. The molecule has 1 N–H and O–H groups in total. The Morgan fingerprint density at radius 1 is 1.17 bits per heavy atom. The van der Waals surface area contributed by atoms with Crippen molar-refractivity contribution >= 4 is 5.91 Å². The molecule has 1 amide bonds. The fraction of sp³-hybridized carbons (Fsp3) is 0.368. The third kappa shape index (κ3) is 3.96. The number of hydrogen-bond donors (Lipinski definition) is 1. The van der Waals surface area contributed by atoms with Crippen LogP contribution in [0.25, 0.3) is 0 Å². The maximum absolute atomic E-state index is 12.6. The summed E-state index contributed by atoms with van der Waals surface area (Å²) in [5.41, 5.74) is 2.80. The SMILES string of the molecule is O=C(c1ccnc(Cc2ccccc2)c1)N1CCC(CO)CC1. The Morgan fingerprint density at radius 3 is 2.61 bits per heavy atom. The molecule has 1 aliphatic rings. The van der Waals surface area contributed by atoms with Crippen molar-refractivity contribution in [1.82, 2.24) is 9.88 Å². The minimum atomic E-state index is 0.0677. The molecule has 0 atom stereocenters. The highest BCUT2D eigenvalue weighted by molar-refractivity contribution is 5.94. The molecule has 0 unspecified atom stereocenters. The van der Waals surface area contributed by atoms with Crippen molar-refractivity contribution in [3.05, 3.63) is 65.5 Å². The molecule has 2 aromatic rings. The zero-order chi connectivity index (χ0) is 16.1. The minimum Gasteiger partial charge on any atom is -0.396 e. The Morgan fingerprint density at radius 2 is 1.91 bits per heavy atom. The summed E-state index contributed by atoms with van der Waals surface area (Å²) in [4.78, 5) is 18.9. The van der Waals surface area contributed by atoms with E-state index >= 15 is 0 Å². The fourth-order valence-corrected chi connectivity index (χ4v) is 3.01. The van der Waals surface area contributed by atoms with Crippen LogP contribution in [0.15, 0.2) is 48.7 Å². The van der Waals surface area contributed by atoms with Crippen LogP contribution in [0.2, 0.25) is 0 Å². The monoisotopic (exact) mass is 310 g/mol. The van der Waals surface area contributed by atoms with Gasteiger partial charge >= 0.3 is 0 Å². The molecule has 2 heterocycles. The smallest absolute Gasteiger partial charge is 0.253 e. The first-order valence-corrected chi connectivity index (χ1v) is 8.15. The van der Waals surface area contributed by atoms with Gasteiger partial charge in [0.05, 0.1) is 0 Å². The fourth-order valence-electron chi connectivity index (χ4n) is 3.01. The average Bonchev–Trinajstić information content (AvgIpc) is 2.62. The molecule has 0 saturated carbocycles. The van der Waals surface area contributed by atoms with E-state index in [-0.39, 0.29) is 12.5 Å². The molecular formula is C19H22N2O2. The van der Waals surface area contributed by atoms with Crippen molar-refractivity contribution in [1.29, 1.82) is 0 Å². The molecule has 1 saturated heterocycles. The van der Waals surface area contributed by atoms with Gasteiger partial charge in [0, 0.05) is 43.6 Å². The van der Waals surface area contributed by atoms with Gasteiger partial charge in [-0.2, -0.15) is 0 Å². The molecule has 0 aliphatic carbocycles. The van der Waals surface area contributed by atoms with E-state index in [9.17, 15) is 9.90 Å². The predicted molar refractivity (Wildman–Crippen MR) is 89.2 cm³/mol. The summed E-state index contributed by atoms with van der Waals surface area (Å²) in [5.74, 6) is 0.406. The van der Waals surface area contributed by atoms with Gasteiger partial charge in [0.1, 0.15) is 0 Å². The lowest BCUT2D eigenvalue weighted by molar-refractivity contribution is 0.0650. The number of likely N-dealkylation sites (tertiary alicyclic amines) is 1. The van der Waals surface area contributed by atoms with Crippen LogP contribution in [0.4, 0.5) is 0 Å². The van der Waals surface area contributed by atoms with Gasteiger partial charge in [0.15, 0.2) is 0 Å². The highest BCUT2D eigenvalue weighted by Crippen LogP contribution is 2.19. The molecule has 0 spiro atoms. The highest BCUT2D eigenvalue weighted by Gasteiger charge is 2.23. The van der Waals surface area contributed by atoms with Gasteiger partial charge in [-0.1, -0.05) is 30.3 Å². The zero-order valence-corrected chi connectivity index (χ0v) is 13.2. The minimum absolute atomic E-state index is 0.0677. The maximum atomic E-state index is 12.6. The number of aliphatic hydroxyl groups is 1. The topological polar surface area (TPSA) is 53.4 Å². The third-order valence-corrected chi connectivity index (χ3v) is 4.45. The van der Waals surface area contributed by atoms with Gasteiger partial charge < -0.3 is 10.0 Å². The maximum Gasteiger partial charge on any atom is 0.253 e. The Hall–Kier alpha value is -2.20. The molecule has 1 aromatic carbocycles. The summed E-state index contributed by atoms with van der Waals surface area (Å²) in [6.07, 6.45) is 4.20. The van der Waals surface area contributed by atoms with E-state index in [4.69, 9.17) is 0 Å². The number of pyridine rings is 1. The summed E-state index contributed by atoms with van der Waals surface area (Å²) >= 11 is 0. The third-order valence-electron chi connectivity index (χ3n) is 4.45. The Bertz CT molecular complexity index is 649. The molecule has 4 heteroatoms. The van der Waals surface area contributed by atoms with Crippen molar-refractivity contribution in [3.63, 3.8) is 0 Å². The van der Waals surface area contributed by atoms with Gasteiger partial charge in [-0.15, -0.1) is 0 Å². The van der Waals surface area contributed by atoms with Crippen LogP contribution in [0.1, 0.15) is 34.5 Å². The molecule has 1 aromatic heterocycles. The van der Waals surface area contributed by atoms with Gasteiger partial charge in [-0.05, 0) is 36.5 Å². The number of benzene rings is 1. The number of nitrogens with zero attached hydrogens (tertiary/aromatic N) is 2. The van der Waals surface area contributed by atoms with E-state index < -0.39 is 0 Å². The van der Waals surface area contributed by atoms with Gasteiger partial charge in [0.25, 0.3) is 5.91 Å². The first-order valence-electron chi connectivity index (χ1n) is 8.15. The van der Waals surface area contributed by atoms with Gasteiger partial charge in [-0.25, -0.2) is 0 Å². The summed E-state index contributed by atoms with van der Waals surface area (Å²) in [6.45, 7) is 1.67. The van der Waals surface area contributed by atoms with E-state index in [1.165, 1.54) is 5.56 Å². The molecular weight excluding hydrogens is 288 g/mol. The number of piperidine rings is 1. The molecule has 1 fully saturated rings. The summed E-state index contributed by atoms with van der Waals surface area (Å²) in [5, 5.41) is 9.20. The van der Waals surface area contributed by atoms with Crippen molar-refractivity contribution < 1.29 is 9.90 Å². The molecule has 1 aliphatic heterocycles. The summed E-state index contributed by atoms with van der Waals surface area (Å²) in [6, 6.07) is 13.8. The number of aromatic nitrogens is 1. The second kappa shape index (κ2) is 7.38. The lowest BCUT2D eigenvalue weighted by atomic mass is 9.97. The lowest BCUT2D eigenvalue weighted by Gasteiger charge is -2.31. The number of amides is 1. The second-order valence-electron chi connectivity index (χ2n) is 6.12. The number of rotatable bonds is 4. The van der Waals surface area contributed by atoms with Crippen LogP contribution in [0.5, 0.6) is 0 Å². The number of carbonyl (C=O) groups excluding carboxylic acids is 1. The van der Waals surface area contributed by atoms with Crippen LogP contribution >= 0.6 is 0 Å². The van der Waals surface area contributed by atoms with E-state index in [2.05, 4.69) is 17.1 Å². The summed E-state index contributed by atoms with van der Waals surface area (Å²) in [7, 11) is 0. The van der Waals surface area contributed by atoms with Crippen molar-refractivity contribution in [2.75, 3.05) is 19.7 Å². The Kier molecular flexibility index (Phi) is 5.03. The van der Waals surface area contributed by atoms with Gasteiger partial charge in [0.2, 0.25) is 0 Å². The van der Waals surface area contributed by atoms with Crippen molar-refractivity contribution in [2.45, 2.75) is 19.3 Å². The average molecular weight is 310 g/mol. The highest BCUT2D eigenvalue weighted by atomic mass is 16.3. The van der Waals surface area contributed by atoms with Crippen LogP contribution in [-0.2, 0) is 6.42 Å². The predicted octanol–water partition coefficient (Wildman–Crippen LogP) is 2.52. The molecule has 0 radical (unpaired) electrons. The number of carbonyl (C=O) groups is 1. The van der Waals surface area contributed by atoms with E-state index in [0.717, 1.165) is 38.0 Å². The quantitative estimate of drug-likeness (QED) is 0.944. The van der Waals surface area contributed by atoms with Gasteiger partial charge in [-0.3, -0.25) is 9.78 Å². The molecule has 120 valence electrons. The molecule has 23 heavy (non-hydrogen) atoms. The molecule has 0 bridgehead atoms. The second-order valence-corrected chi connectivity index (χ2v) is 6.12. The normalized spacial score (nSPS) is 15.6.